The van der Waals surface area contributed by atoms with Crippen LogP contribution in [0.25, 0.3) is 0 Å². The summed E-state index contributed by atoms with van der Waals surface area (Å²) >= 11 is 0. The molecule has 0 spiro atoms. The van der Waals surface area contributed by atoms with Crippen LogP contribution in [0.5, 0.6) is 0 Å². The Morgan fingerprint density at radius 1 is 1.57 bits per heavy atom. The van der Waals surface area contributed by atoms with E-state index in [4.69, 9.17) is 11.1 Å². The lowest BCUT2D eigenvalue weighted by Crippen LogP contribution is -2.32. The maximum Gasteiger partial charge on any atom is 0.224 e. The summed E-state index contributed by atoms with van der Waals surface area (Å²) in [5.74, 6) is 0.859. The zero-order valence-electron chi connectivity index (χ0n) is 8.44. The van der Waals surface area contributed by atoms with Gasteiger partial charge < -0.3 is 10.6 Å². The second-order valence-corrected chi connectivity index (χ2v) is 3.29. The molecule has 0 aliphatic rings. The van der Waals surface area contributed by atoms with E-state index in [-0.39, 0.29) is 11.8 Å². The molecular weight excluding hydrogens is 178 g/mol. The van der Waals surface area contributed by atoms with Gasteiger partial charge in [0.15, 0.2) is 0 Å². The number of hydrogen-bond donors (Lipinski definition) is 2. The first kappa shape index (κ1) is 10.4. The third-order valence-corrected chi connectivity index (χ3v) is 1.97. The monoisotopic (exact) mass is 193 g/mol. The first-order valence-electron chi connectivity index (χ1n) is 4.43. The van der Waals surface area contributed by atoms with E-state index in [0.29, 0.717) is 12.5 Å². The molecule has 1 unspecified atom stereocenters. The van der Waals surface area contributed by atoms with Crippen LogP contribution in [0.4, 0.5) is 5.95 Å². The normalized spacial score (nSPS) is 12.1. The first-order chi connectivity index (χ1) is 6.61. The van der Waals surface area contributed by atoms with Crippen molar-refractivity contribution in [3.8, 4) is 0 Å². The molecule has 0 aliphatic heterocycles. The van der Waals surface area contributed by atoms with Crippen LogP contribution >= 0.6 is 0 Å². The molecular formula is C9H15N5. The fraction of sp³-hybridized carbons (Fsp3) is 0.444. The van der Waals surface area contributed by atoms with Gasteiger partial charge in [0.2, 0.25) is 5.95 Å². The topological polar surface area (TPSA) is 78.9 Å². The van der Waals surface area contributed by atoms with Crippen LogP contribution in [0.15, 0.2) is 18.5 Å². The molecule has 0 amide bonds. The Labute approximate surface area is 83.5 Å². The van der Waals surface area contributed by atoms with Gasteiger partial charge in [0.25, 0.3) is 0 Å². The lowest BCUT2D eigenvalue weighted by Gasteiger charge is -2.20. The van der Waals surface area contributed by atoms with Gasteiger partial charge in [-0.1, -0.05) is 6.92 Å². The standard InChI is InChI=1S/C9H15N5/c1-7(8(10)11)6-14(2)9-12-4-3-5-13-9/h3-5,7H,6H2,1-2H3,(H3,10,11). The summed E-state index contributed by atoms with van der Waals surface area (Å²) in [5, 5.41) is 7.27. The lowest BCUT2D eigenvalue weighted by atomic mass is 10.1. The molecule has 1 heterocycles. The molecule has 1 rings (SSSR count). The van der Waals surface area contributed by atoms with Crippen LogP contribution in [0.2, 0.25) is 0 Å². The first-order valence-corrected chi connectivity index (χ1v) is 4.43. The molecule has 5 nitrogen and oxygen atoms in total. The Morgan fingerprint density at radius 3 is 2.64 bits per heavy atom. The second kappa shape index (κ2) is 4.55. The fourth-order valence-electron chi connectivity index (χ4n) is 1.08. The minimum atomic E-state index is 0.0174. The number of amidine groups is 1. The summed E-state index contributed by atoms with van der Waals surface area (Å²) in [4.78, 5) is 10.1. The average Bonchev–Trinajstić information content (AvgIpc) is 2.19. The smallest absolute Gasteiger partial charge is 0.224 e. The molecule has 14 heavy (non-hydrogen) atoms. The van der Waals surface area contributed by atoms with Crippen LogP contribution in [-0.4, -0.2) is 29.4 Å². The largest absolute Gasteiger partial charge is 0.387 e. The van der Waals surface area contributed by atoms with Crippen molar-refractivity contribution in [1.82, 2.24) is 9.97 Å². The van der Waals surface area contributed by atoms with Gasteiger partial charge in [0.1, 0.15) is 0 Å². The highest BCUT2D eigenvalue weighted by molar-refractivity contribution is 5.79. The Bertz CT molecular complexity index is 297. The van der Waals surface area contributed by atoms with Crippen LogP contribution < -0.4 is 10.6 Å². The predicted octanol–water partition coefficient (Wildman–Crippen LogP) is 0.485. The summed E-state index contributed by atoms with van der Waals surface area (Å²) in [6.45, 7) is 2.56. The maximum atomic E-state index is 7.27. The van der Waals surface area contributed by atoms with Crippen LogP contribution in [-0.2, 0) is 0 Å². The number of anilines is 1. The summed E-state index contributed by atoms with van der Waals surface area (Å²) in [5.41, 5.74) is 5.38. The molecule has 1 aromatic rings. The molecule has 0 aliphatic carbocycles. The van der Waals surface area contributed by atoms with Crippen molar-refractivity contribution in [3.05, 3.63) is 18.5 Å². The highest BCUT2D eigenvalue weighted by Gasteiger charge is 2.10. The molecule has 3 N–H and O–H groups in total. The predicted molar refractivity (Wildman–Crippen MR) is 56.4 cm³/mol. The highest BCUT2D eigenvalue weighted by Crippen LogP contribution is 2.05. The van der Waals surface area contributed by atoms with E-state index in [1.807, 2.05) is 18.9 Å². The van der Waals surface area contributed by atoms with E-state index in [1.165, 1.54) is 0 Å². The molecule has 0 radical (unpaired) electrons. The zero-order chi connectivity index (χ0) is 10.6. The van der Waals surface area contributed by atoms with Gasteiger partial charge >= 0.3 is 0 Å². The van der Waals surface area contributed by atoms with Gasteiger partial charge in [0.05, 0.1) is 5.84 Å². The van der Waals surface area contributed by atoms with Gasteiger partial charge in [0, 0.05) is 31.9 Å². The van der Waals surface area contributed by atoms with E-state index in [9.17, 15) is 0 Å². The minimum absolute atomic E-state index is 0.0174. The third-order valence-electron chi connectivity index (χ3n) is 1.97. The van der Waals surface area contributed by atoms with Gasteiger partial charge in [-0.15, -0.1) is 0 Å². The molecule has 0 saturated heterocycles. The minimum Gasteiger partial charge on any atom is -0.387 e. The van der Waals surface area contributed by atoms with E-state index < -0.39 is 0 Å². The molecule has 0 aromatic carbocycles. The number of hydrogen-bond acceptors (Lipinski definition) is 4. The zero-order valence-corrected chi connectivity index (χ0v) is 8.44. The van der Waals surface area contributed by atoms with Crippen molar-refractivity contribution in [2.45, 2.75) is 6.92 Å². The quantitative estimate of drug-likeness (QED) is 0.538. The Hall–Kier alpha value is -1.65. The van der Waals surface area contributed by atoms with E-state index >= 15 is 0 Å². The third kappa shape index (κ3) is 2.69. The Morgan fingerprint density at radius 2 is 2.14 bits per heavy atom. The van der Waals surface area contributed by atoms with Crippen LogP contribution in [0.1, 0.15) is 6.92 Å². The molecule has 1 atom stereocenters. The number of nitrogens with one attached hydrogen (secondary N) is 1. The Balaban J connectivity index is 2.59. The molecule has 1 aromatic heterocycles. The van der Waals surface area contributed by atoms with Gasteiger partial charge in [-0.05, 0) is 6.07 Å². The van der Waals surface area contributed by atoms with Gasteiger partial charge in [-0.2, -0.15) is 0 Å². The molecule has 0 bridgehead atoms. The summed E-state index contributed by atoms with van der Waals surface area (Å²) in [6.07, 6.45) is 3.38. The summed E-state index contributed by atoms with van der Waals surface area (Å²) in [7, 11) is 1.88. The average molecular weight is 193 g/mol. The van der Waals surface area contributed by atoms with E-state index in [1.54, 1.807) is 18.5 Å². The number of rotatable bonds is 4. The number of aromatic nitrogens is 2. The van der Waals surface area contributed by atoms with Crippen molar-refractivity contribution < 1.29 is 0 Å². The number of nitrogens with two attached hydrogens (primary N) is 1. The SMILES string of the molecule is CC(CN(C)c1ncccn1)C(=N)N. The molecule has 5 heteroatoms. The lowest BCUT2D eigenvalue weighted by molar-refractivity contribution is 0.714. The Kier molecular flexibility index (Phi) is 3.39. The van der Waals surface area contributed by atoms with Crippen LogP contribution in [0.3, 0.4) is 0 Å². The highest BCUT2D eigenvalue weighted by atomic mass is 15.2. The molecule has 0 saturated carbocycles. The van der Waals surface area contributed by atoms with Crippen molar-refractivity contribution in [1.29, 1.82) is 5.41 Å². The van der Waals surface area contributed by atoms with Crippen molar-refractivity contribution in [2.75, 3.05) is 18.5 Å². The second-order valence-electron chi connectivity index (χ2n) is 3.29. The van der Waals surface area contributed by atoms with Crippen molar-refractivity contribution in [3.63, 3.8) is 0 Å². The number of nitrogens with zero attached hydrogens (tertiary/aromatic N) is 3. The molecule has 76 valence electrons. The van der Waals surface area contributed by atoms with Crippen LogP contribution in [0, 0.1) is 11.3 Å². The van der Waals surface area contributed by atoms with Gasteiger partial charge in [-0.3, -0.25) is 5.41 Å². The summed E-state index contributed by atoms with van der Waals surface area (Å²) < 4.78 is 0. The maximum absolute atomic E-state index is 7.27. The van der Waals surface area contributed by atoms with Crippen molar-refractivity contribution in [2.24, 2.45) is 11.7 Å². The summed E-state index contributed by atoms with van der Waals surface area (Å²) in [6, 6.07) is 1.77. The molecule has 0 fully saturated rings. The van der Waals surface area contributed by atoms with E-state index in [2.05, 4.69) is 9.97 Å². The fourth-order valence-corrected chi connectivity index (χ4v) is 1.08. The van der Waals surface area contributed by atoms with Gasteiger partial charge in [-0.25, -0.2) is 9.97 Å². The van der Waals surface area contributed by atoms with Crippen molar-refractivity contribution >= 4 is 11.8 Å². The van der Waals surface area contributed by atoms with E-state index in [0.717, 1.165) is 0 Å².